The van der Waals surface area contributed by atoms with Crippen LogP contribution in [0.15, 0.2) is 10.8 Å². The molecule has 1 fully saturated rings. The number of nitrogens with zero attached hydrogens (tertiary/aromatic N) is 1. The number of carbonyl (C=O) groups excluding carboxylic acids is 1. The van der Waals surface area contributed by atoms with Gasteiger partial charge in [-0.3, -0.25) is 4.79 Å². The fourth-order valence-corrected chi connectivity index (χ4v) is 3.01. The summed E-state index contributed by atoms with van der Waals surface area (Å²) in [6, 6.07) is 0.0499. The normalized spacial score (nSPS) is 20.2. The third kappa shape index (κ3) is 2.87. The van der Waals surface area contributed by atoms with Gasteiger partial charge in [-0.25, -0.2) is 0 Å². The average molecular weight is 252 g/mol. The Labute approximate surface area is 107 Å². The Morgan fingerprint density at radius 2 is 2.35 bits per heavy atom. The first kappa shape index (κ1) is 12.6. The molecule has 1 aromatic heterocycles. The molecule has 4 heteroatoms. The molecule has 3 nitrogen and oxygen atoms in total. The Morgan fingerprint density at radius 1 is 1.53 bits per heavy atom. The number of nitrogens with one attached hydrogen (secondary N) is 1. The van der Waals surface area contributed by atoms with Crippen LogP contribution in [0.2, 0.25) is 0 Å². The van der Waals surface area contributed by atoms with E-state index in [1.807, 2.05) is 4.90 Å². The minimum Gasteiger partial charge on any atom is -0.337 e. The zero-order valence-electron chi connectivity index (χ0n) is 10.5. The van der Waals surface area contributed by atoms with Crippen molar-refractivity contribution in [2.45, 2.75) is 39.3 Å². The molecule has 0 spiro atoms. The zero-order valence-corrected chi connectivity index (χ0v) is 11.3. The van der Waals surface area contributed by atoms with Gasteiger partial charge in [0.2, 0.25) is 5.91 Å². The maximum absolute atomic E-state index is 12.1. The monoisotopic (exact) mass is 252 g/mol. The lowest BCUT2D eigenvalue weighted by Crippen LogP contribution is -2.38. The Kier molecular flexibility index (Phi) is 4.18. The quantitative estimate of drug-likeness (QED) is 0.871. The van der Waals surface area contributed by atoms with Gasteiger partial charge in [-0.15, -0.1) is 0 Å². The number of rotatable bonds is 5. The molecule has 1 aliphatic heterocycles. The third-order valence-electron chi connectivity index (χ3n) is 3.26. The van der Waals surface area contributed by atoms with Crippen molar-refractivity contribution in [1.82, 2.24) is 10.2 Å². The molecular formula is C13H20N2OS. The van der Waals surface area contributed by atoms with Gasteiger partial charge in [0.15, 0.2) is 0 Å². The lowest BCUT2D eigenvalue weighted by atomic mass is 10.2. The molecule has 0 radical (unpaired) electrons. The number of likely N-dealkylation sites (tertiary alicyclic amines) is 1. The fourth-order valence-electron chi connectivity index (χ4n) is 2.16. The Morgan fingerprint density at radius 3 is 3.00 bits per heavy atom. The number of hydrogen-bond acceptors (Lipinski definition) is 3. The molecule has 1 unspecified atom stereocenters. The summed E-state index contributed by atoms with van der Waals surface area (Å²) in [5.74, 6) is 0.268. The summed E-state index contributed by atoms with van der Waals surface area (Å²) < 4.78 is 0. The van der Waals surface area contributed by atoms with E-state index in [2.05, 4.69) is 29.9 Å². The highest BCUT2D eigenvalue weighted by molar-refractivity contribution is 7.08. The van der Waals surface area contributed by atoms with Crippen LogP contribution in [0.25, 0.3) is 0 Å². The van der Waals surface area contributed by atoms with Crippen LogP contribution in [0.1, 0.15) is 30.9 Å². The second-order valence-corrected chi connectivity index (χ2v) is 5.38. The van der Waals surface area contributed by atoms with Gasteiger partial charge in [-0.1, -0.05) is 6.92 Å². The van der Waals surface area contributed by atoms with E-state index in [9.17, 15) is 4.79 Å². The average Bonchev–Trinajstić information content (AvgIpc) is 2.86. The van der Waals surface area contributed by atoms with Gasteiger partial charge in [-0.05, 0) is 48.2 Å². The number of amides is 1. The van der Waals surface area contributed by atoms with Crippen molar-refractivity contribution in [3.8, 4) is 0 Å². The molecule has 2 rings (SSSR count). The van der Waals surface area contributed by atoms with Crippen LogP contribution in [0, 0.1) is 6.92 Å². The van der Waals surface area contributed by atoms with Gasteiger partial charge in [0.25, 0.3) is 0 Å². The summed E-state index contributed by atoms with van der Waals surface area (Å²) in [5.41, 5.74) is 2.59. The summed E-state index contributed by atoms with van der Waals surface area (Å²) in [5, 5.41) is 7.61. The molecule has 94 valence electrons. The molecule has 1 aromatic rings. The molecule has 1 N–H and O–H groups in total. The number of hydrogen-bond donors (Lipinski definition) is 1. The van der Waals surface area contributed by atoms with Crippen LogP contribution < -0.4 is 5.32 Å². The molecule has 1 aliphatic rings. The van der Waals surface area contributed by atoms with Crippen molar-refractivity contribution in [2.75, 3.05) is 13.1 Å². The molecule has 1 saturated heterocycles. The Balaban J connectivity index is 1.92. The van der Waals surface area contributed by atoms with E-state index in [0.717, 1.165) is 32.5 Å². The topological polar surface area (TPSA) is 32.3 Å². The van der Waals surface area contributed by atoms with Crippen LogP contribution in [0.3, 0.4) is 0 Å². The molecule has 17 heavy (non-hydrogen) atoms. The van der Waals surface area contributed by atoms with Crippen molar-refractivity contribution >= 4 is 17.2 Å². The summed E-state index contributed by atoms with van der Waals surface area (Å²) >= 11 is 1.71. The van der Waals surface area contributed by atoms with Crippen LogP contribution in [0.5, 0.6) is 0 Å². The molecule has 0 aromatic carbocycles. The maximum Gasteiger partial charge on any atom is 0.240 e. The number of carbonyl (C=O) groups is 1. The smallest absolute Gasteiger partial charge is 0.240 e. The predicted octanol–water partition coefficient (Wildman–Crippen LogP) is 2.16. The van der Waals surface area contributed by atoms with Crippen molar-refractivity contribution in [1.29, 1.82) is 0 Å². The standard InChI is InChI=1S/C13H20N2OS/c1-3-5-14-12-4-6-15(13(12)16)7-11-9-17-8-10(11)2/h8-9,12,14H,3-7H2,1-2H3. The van der Waals surface area contributed by atoms with Gasteiger partial charge in [0.05, 0.1) is 6.04 Å². The molecule has 0 aliphatic carbocycles. The van der Waals surface area contributed by atoms with E-state index >= 15 is 0 Å². The van der Waals surface area contributed by atoms with Crippen molar-refractivity contribution in [3.05, 3.63) is 21.9 Å². The molecule has 2 heterocycles. The minimum atomic E-state index is 0.0499. The van der Waals surface area contributed by atoms with E-state index in [-0.39, 0.29) is 11.9 Å². The first-order chi connectivity index (χ1) is 8.22. The highest BCUT2D eigenvalue weighted by Crippen LogP contribution is 2.20. The molecule has 0 saturated carbocycles. The van der Waals surface area contributed by atoms with Gasteiger partial charge >= 0.3 is 0 Å². The van der Waals surface area contributed by atoms with Crippen LogP contribution in [0.4, 0.5) is 0 Å². The predicted molar refractivity (Wildman–Crippen MR) is 71.2 cm³/mol. The Hall–Kier alpha value is -0.870. The number of thiophene rings is 1. The second kappa shape index (κ2) is 5.65. The first-order valence-corrected chi connectivity index (χ1v) is 7.20. The van der Waals surface area contributed by atoms with Crippen molar-refractivity contribution < 1.29 is 4.79 Å². The molecule has 1 atom stereocenters. The van der Waals surface area contributed by atoms with E-state index in [1.54, 1.807) is 11.3 Å². The largest absolute Gasteiger partial charge is 0.337 e. The lowest BCUT2D eigenvalue weighted by molar-refractivity contribution is -0.129. The first-order valence-electron chi connectivity index (χ1n) is 6.26. The maximum atomic E-state index is 12.1. The van der Waals surface area contributed by atoms with E-state index in [4.69, 9.17) is 0 Å². The third-order valence-corrected chi connectivity index (χ3v) is 4.17. The van der Waals surface area contributed by atoms with E-state index in [0.29, 0.717) is 0 Å². The molecule has 1 amide bonds. The minimum absolute atomic E-state index is 0.0499. The van der Waals surface area contributed by atoms with Crippen LogP contribution in [-0.4, -0.2) is 29.9 Å². The number of aryl methyl sites for hydroxylation is 1. The van der Waals surface area contributed by atoms with Crippen LogP contribution >= 0.6 is 11.3 Å². The van der Waals surface area contributed by atoms with Crippen LogP contribution in [-0.2, 0) is 11.3 Å². The highest BCUT2D eigenvalue weighted by Gasteiger charge is 2.30. The zero-order chi connectivity index (χ0) is 12.3. The summed E-state index contributed by atoms with van der Waals surface area (Å²) in [6.07, 6.45) is 2.02. The lowest BCUT2D eigenvalue weighted by Gasteiger charge is -2.17. The van der Waals surface area contributed by atoms with Gasteiger partial charge in [0, 0.05) is 13.1 Å². The van der Waals surface area contributed by atoms with E-state index < -0.39 is 0 Å². The Bertz CT molecular complexity index is 389. The highest BCUT2D eigenvalue weighted by atomic mass is 32.1. The SMILES string of the molecule is CCCNC1CCN(Cc2cscc2C)C1=O. The fraction of sp³-hybridized carbons (Fsp3) is 0.615. The van der Waals surface area contributed by atoms with Gasteiger partial charge < -0.3 is 10.2 Å². The van der Waals surface area contributed by atoms with Gasteiger partial charge in [0.1, 0.15) is 0 Å². The summed E-state index contributed by atoms with van der Waals surface area (Å²) in [4.78, 5) is 14.1. The van der Waals surface area contributed by atoms with Crippen molar-refractivity contribution in [3.63, 3.8) is 0 Å². The van der Waals surface area contributed by atoms with Crippen molar-refractivity contribution in [2.24, 2.45) is 0 Å². The molecule has 0 bridgehead atoms. The summed E-state index contributed by atoms with van der Waals surface area (Å²) in [7, 11) is 0. The molecular weight excluding hydrogens is 232 g/mol. The van der Waals surface area contributed by atoms with E-state index in [1.165, 1.54) is 11.1 Å². The summed E-state index contributed by atoms with van der Waals surface area (Å²) in [6.45, 7) is 6.83. The van der Waals surface area contributed by atoms with Gasteiger partial charge in [-0.2, -0.15) is 11.3 Å². The second-order valence-electron chi connectivity index (χ2n) is 4.64.